The molecule has 0 saturated carbocycles. The molecule has 3 heteroatoms. The summed E-state index contributed by atoms with van der Waals surface area (Å²) in [6.45, 7) is 2.43. The summed E-state index contributed by atoms with van der Waals surface area (Å²) < 4.78 is 18.0. The van der Waals surface area contributed by atoms with Gasteiger partial charge in [-0.2, -0.15) is 0 Å². The van der Waals surface area contributed by atoms with Crippen molar-refractivity contribution in [2.75, 3.05) is 13.7 Å². The predicted molar refractivity (Wildman–Crippen MR) is 50.4 cm³/mol. The molecule has 72 valence electrons. The summed E-state index contributed by atoms with van der Waals surface area (Å²) in [5, 5.41) is 0. The fourth-order valence-corrected chi connectivity index (χ4v) is 1.22. The molecule has 0 heterocycles. The van der Waals surface area contributed by atoms with Crippen LogP contribution in [0.1, 0.15) is 18.4 Å². The number of hydrogen-bond acceptors (Lipinski definition) is 2. The van der Waals surface area contributed by atoms with Crippen LogP contribution >= 0.6 is 0 Å². The normalized spacial score (nSPS) is 12.6. The molecule has 0 amide bonds. The van der Waals surface area contributed by atoms with E-state index in [0.29, 0.717) is 12.3 Å². The Kier molecular flexibility index (Phi) is 3.25. The number of nitrogens with two attached hydrogens (primary N) is 1. The number of benzene rings is 1. The summed E-state index contributed by atoms with van der Waals surface area (Å²) in [7, 11) is 1.57. The van der Waals surface area contributed by atoms with E-state index in [4.69, 9.17) is 10.5 Å². The van der Waals surface area contributed by atoms with Gasteiger partial charge in [0.25, 0.3) is 0 Å². The van der Waals surface area contributed by atoms with E-state index in [9.17, 15) is 4.39 Å². The molecule has 1 rings (SSSR count). The third-order valence-corrected chi connectivity index (χ3v) is 2.08. The Labute approximate surface area is 77.5 Å². The molecule has 1 unspecified atom stereocenters. The lowest BCUT2D eigenvalue weighted by atomic mass is 10.0. The van der Waals surface area contributed by atoms with Crippen LogP contribution in [0.25, 0.3) is 0 Å². The highest BCUT2D eigenvalue weighted by Gasteiger charge is 2.10. The molecule has 0 aliphatic heterocycles. The van der Waals surface area contributed by atoms with Crippen LogP contribution in [0.2, 0.25) is 0 Å². The summed E-state index contributed by atoms with van der Waals surface area (Å²) in [5.74, 6) is 0.557. The summed E-state index contributed by atoms with van der Waals surface area (Å²) in [6, 6.07) is 4.47. The zero-order valence-electron chi connectivity index (χ0n) is 7.88. The summed E-state index contributed by atoms with van der Waals surface area (Å²) in [5.41, 5.74) is 6.32. The molecule has 0 aliphatic rings. The number of rotatable bonds is 3. The average molecular weight is 183 g/mol. The van der Waals surface area contributed by atoms with E-state index in [0.717, 1.165) is 5.56 Å². The Morgan fingerprint density at radius 2 is 2.23 bits per heavy atom. The third-order valence-electron chi connectivity index (χ3n) is 2.08. The molecule has 0 saturated heterocycles. The first kappa shape index (κ1) is 9.99. The summed E-state index contributed by atoms with van der Waals surface area (Å²) in [4.78, 5) is 0. The van der Waals surface area contributed by atoms with E-state index < -0.39 is 0 Å². The van der Waals surface area contributed by atoms with Crippen molar-refractivity contribution in [2.24, 2.45) is 5.73 Å². The van der Waals surface area contributed by atoms with Crippen LogP contribution in [0.15, 0.2) is 18.2 Å². The second-order valence-electron chi connectivity index (χ2n) is 3.02. The lowest BCUT2D eigenvalue weighted by molar-refractivity contribution is 0.405. The smallest absolute Gasteiger partial charge is 0.123 e. The van der Waals surface area contributed by atoms with Gasteiger partial charge in [0.2, 0.25) is 0 Å². The number of hydrogen-bond donors (Lipinski definition) is 1. The molecule has 1 aromatic rings. The summed E-state index contributed by atoms with van der Waals surface area (Å²) in [6.07, 6.45) is 0. The van der Waals surface area contributed by atoms with Gasteiger partial charge in [0.05, 0.1) is 7.11 Å². The Balaban J connectivity index is 3.07. The largest absolute Gasteiger partial charge is 0.496 e. The fourth-order valence-electron chi connectivity index (χ4n) is 1.22. The Morgan fingerprint density at radius 1 is 1.54 bits per heavy atom. The quantitative estimate of drug-likeness (QED) is 0.776. The van der Waals surface area contributed by atoms with Gasteiger partial charge in [0, 0.05) is 5.56 Å². The third kappa shape index (κ3) is 2.18. The first-order valence-electron chi connectivity index (χ1n) is 4.22. The molecule has 13 heavy (non-hydrogen) atoms. The number of halogens is 1. The van der Waals surface area contributed by atoms with Gasteiger partial charge in [-0.1, -0.05) is 6.92 Å². The molecule has 0 fully saturated rings. The summed E-state index contributed by atoms with van der Waals surface area (Å²) >= 11 is 0. The number of methoxy groups -OCH3 is 1. The van der Waals surface area contributed by atoms with Gasteiger partial charge in [0.1, 0.15) is 11.6 Å². The van der Waals surface area contributed by atoms with Crippen molar-refractivity contribution in [3.05, 3.63) is 29.6 Å². The zero-order valence-corrected chi connectivity index (χ0v) is 7.88. The van der Waals surface area contributed by atoms with E-state index in [1.807, 2.05) is 6.92 Å². The van der Waals surface area contributed by atoms with Crippen LogP contribution in [0.4, 0.5) is 4.39 Å². The highest BCUT2D eigenvalue weighted by atomic mass is 19.1. The first-order chi connectivity index (χ1) is 6.19. The molecule has 0 bridgehead atoms. The second-order valence-corrected chi connectivity index (χ2v) is 3.02. The molecule has 2 N–H and O–H groups in total. The van der Waals surface area contributed by atoms with Gasteiger partial charge in [-0.05, 0) is 30.7 Å². The standard InChI is InChI=1S/C10H14FNO/c1-7(6-12)9-5-8(11)3-4-10(9)13-2/h3-5,7H,6,12H2,1-2H3. The van der Waals surface area contributed by atoms with E-state index in [1.165, 1.54) is 12.1 Å². The van der Waals surface area contributed by atoms with Crippen molar-refractivity contribution in [1.82, 2.24) is 0 Å². The van der Waals surface area contributed by atoms with Crippen LogP contribution in [0.5, 0.6) is 5.75 Å². The molecule has 1 aromatic carbocycles. The zero-order chi connectivity index (χ0) is 9.84. The maximum atomic E-state index is 12.9. The molecular weight excluding hydrogens is 169 g/mol. The average Bonchev–Trinajstić information content (AvgIpc) is 2.16. The Morgan fingerprint density at radius 3 is 2.77 bits per heavy atom. The molecule has 2 nitrogen and oxygen atoms in total. The minimum absolute atomic E-state index is 0.116. The second kappa shape index (κ2) is 4.23. The van der Waals surface area contributed by atoms with Gasteiger partial charge in [-0.15, -0.1) is 0 Å². The van der Waals surface area contributed by atoms with Crippen LogP contribution in [0, 0.1) is 5.82 Å². The topological polar surface area (TPSA) is 35.2 Å². The van der Waals surface area contributed by atoms with E-state index >= 15 is 0 Å². The maximum absolute atomic E-state index is 12.9. The molecule has 1 atom stereocenters. The molecule has 0 spiro atoms. The molecule has 0 radical (unpaired) electrons. The maximum Gasteiger partial charge on any atom is 0.123 e. The Bertz CT molecular complexity index is 288. The van der Waals surface area contributed by atoms with Crippen molar-refractivity contribution in [1.29, 1.82) is 0 Å². The van der Waals surface area contributed by atoms with Crippen molar-refractivity contribution < 1.29 is 9.13 Å². The van der Waals surface area contributed by atoms with Crippen LogP contribution < -0.4 is 10.5 Å². The van der Waals surface area contributed by atoms with Crippen LogP contribution in [-0.2, 0) is 0 Å². The highest BCUT2D eigenvalue weighted by molar-refractivity contribution is 5.36. The van der Waals surface area contributed by atoms with Gasteiger partial charge < -0.3 is 10.5 Å². The lowest BCUT2D eigenvalue weighted by Gasteiger charge is -2.13. The molecular formula is C10H14FNO. The van der Waals surface area contributed by atoms with Gasteiger partial charge in [0.15, 0.2) is 0 Å². The Hall–Kier alpha value is -1.09. The number of ether oxygens (including phenoxy) is 1. The molecule has 0 aromatic heterocycles. The van der Waals surface area contributed by atoms with Crippen LogP contribution in [0.3, 0.4) is 0 Å². The minimum atomic E-state index is -0.254. The van der Waals surface area contributed by atoms with E-state index in [2.05, 4.69) is 0 Å². The van der Waals surface area contributed by atoms with Crippen molar-refractivity contribution in [3.8, 4) is 5.75 Å². The van der Waals surface area contributed by atoms with Crippen molar-refractivity contribution in [3.63, 3.8) is 0 Å². The van der Waals surface area contributed by atoms with Gasteiger partial charge >= 0.3 is 0 Å². The fraction of sp³-hybridized carbons (Fsp3) is 0.400. The van der Waals surface area contributed by atoms with Crippen molar-refractivity contribution in [2.45, 2.75) is 12.8 Å². The monoisotopic (exact) mass is 183 g/mol. The van der Waals surface area contributed by atoms with Gasteiger partial charge in [-0.25, -0.2) is 4.39 Å². The predicted octanol–water partition coefficient (Wildman–Crippen LogP) is 1.90. The SMILES string of the molecule is COc1ccc(F)cc1C(C)CN. The minimum Gasteiger partial charge on any atom is -0.496 e. The van der Waals surface area contributed by atoms with E-state index in [1.54, 1.807) is 13.2 Å². The van der Waals surface area contributed by atoms with Gasteiger partial charge in [-0.3, -0.25) is 0 Å². The lowest BCUT2D eigenvalue weighted by Crippen LogP contribution is -2.10. The molecule has 0 aliphatic carbocycles. The van der Waals surface area contributed by atoms with E-state index in [-0.39, 0.29) is 11.7 Å². The van der Waals surface area contributed by atoms with Crippen molar-refractivity contribution >= 4 is 0 Å². The first-order valence-corrected chi connectivity index (χ1v) is 4.22. The highest BCUT2D eigenvalue weighted by Crippen LogP contribution is 2.26. The van der Waals surface area contributed by atoms with Crippen LogP contribution in [-0.4, -0.2) is 13.7 Å².